The lowest BCUT2D eigenvalue weighted by molar-refractivity contribution is -0.144. The molecule has 1 aliphatic rings. The number of carbonyl (C=O) groups excluding carboxylic acids is 1. The largest absolute Gasteiger partial charge is 0.372 e. The van der Waals surface area contributed by atoms with E-state index in [2.05, 4.69) is 5.10 Å². The molecule has 0 saturated carbocycles. The third-order valence-electron chi connectivity index (χ3n) is 2.99. The van der Waals surface area contributed by atoms with E-state index in [0.717, 1.165) is 5.69 Å². The monoisotopic (exact) mass is 237 g/mol. The topological polar surface area (TPSA) is 47.4 Å². The summed E-state index contributed by atoms with van der Waals surface area (Å²) in [6.45, 7) is 7.60. The van der Waals surface area contributed by atoms with Gasteiger partial charge in [-0.3, -0.25) is 9.48 Å². The molecule has 5 heteroatoms. The molecule has 1 aromatic rings. The van der Waals surface area contributed by atoms with Crippen LogP contribution in [0.4, 0.5) is 0 Å². The molecule has 17 heavy (non-hydrogen) atoms. The highest BCUT2D eigenvalue weighted by Crippen LogP contribution is 2.11. The Balaban J connectivity index is 1.98. The number of nitrogens with zero attached hydrogens (tertiary/aromatic N) is 3. The molecule has 2 atom stereocenters. The Morgan fingerprint density at radius 3 is 2.65 bits per heavy atom. The summed E-state index contributed by atoms with van der Waals surface area (Å²) in [6.07, 6.45) is 1.94. The third kappa shape index (κ3) is 2.85. The van der Waals surface area contributed by atoms with Crippen LogP contribution >= 0.6 is 0 Å². The number of carbonyl (C=O) groups is 1. The number of ether oxygens (including phenoxy) is 1. The molecule has 0 bridgehead atoms. The molecule has 1 aromatic heterocycles. The molecule has 0 unspecified atom stereocenters. The summed E-state index contributed by atoms with van der Waals surface area (Å²) in [5.41, 5.74) is 1.01. The van der Waals surface area contributed by atoms with E-state index >= 15 is 0 Å². The van der Waals surface area contributed by atoms with Gasteiger partial charge in [0.1, 0.15) is 6.54 Å². The molecule has 0 radical (unpaired) electrons. The van der Waals surface area contributed by atoms with Crippen molar-refractivity contribution in [3.8, 4) is 0 Å². The molecular weight excluding hydrogens is 218 g/mol. The molecular formula is C12H19N3O2. The lowest BCUT2D eigenvalue weighted by atomic mass is 10.2. The Bertz CT molecular complexity index is 392. The second-order valence-corrected chi connectivity index (χ2v) is 4.69. The van der Waals surface area contributed by atoms with Crippen molar-refractivity contribution in [2.24, 2.45) is 0 Å². The van der Waals surface area contributed by atoms with E-state index < -0.39 is 0 Å². The summed E-state index contributed by atoms with van der Waals surface area (Å²) in [5.74, 6) is 0.110. The highest BCUT2D eigenvalue weighted by atomic mass is 16.5. The van der Waals surface area contributed by atoms with Crippen LogP contribution in [0.3, 0.4) is 0 Å². The van der Waals surface area contributed by atoms with Crippen molar-refractivity contribution in [3.63, 3.8) is 0 Å². The average Bonchev–Trinajstić information content (AvgIpc) is 2.63. The van der Waals surface area contributed by atoms with Crippen molar-refractivity contribution >= 4 is 5.91 Å². The van der Waals surface area contributed by atoms with E-state index in [1.54, 1.807) is 10.9 Å². The zero-order valence-corrected chi connectivity index (χ0v) is 10.6. The maximum atomic E-state index is 12.1. The molecule has 1 amide bonds. The van der Waals surface area contributed by atoms with Gasteiger partial charge in [-0.2, -0.15) is 5.10 Å². The quantitative estimate of drug-likeness (QED) is 0.765. The predicted octanol–water partition coefficient (Wildman–Crippen LogP) is 0.827. The zero-order chi connectivity index (χ0) is 12.4. The maximum Gasteiger partial charge on any atom is 0.244 e. The standard InChI is InChI=1S/C12H19N3O2/c1-9-4-5-13-15(9)8-12(16)14-6-10(2)17-11(3)7-14/h4-5,10-11H,6-8H2,1-3H3/t10-,11-/m0/s1. The van der Waals surface area contributed by atoms with E-state index in [4.69, 9.17) is 4.74 Å². The summed E-state index contributed by atoms with van der Waals surface area (Å²) in [5, 5.41) is 4.13. The zero-order valence-electron chi connectivity index (χ0n) is 10.6. The van der Waals surface area contributed by atoms with Crippen LogP contribution in [-0.2, 0) is 16.1 Å². The minimum Gasteiger partial charge on any atom is -0.372 e. The molecule has 5 nitrogen and oxygen atoms in total. The molecule has 2 rings (SSSR count). The molecule has 0 aliphatic carbocycles. The van der Waals surface area contributed by atoms with Crippen molar-refractivity contribution in [1.82, 2.24) is 14.7 Å². The molecule has 1 aliphatic heterocycles. The van der Waals surface area contributed by atoms with E-state index in [0.29, 0.717) is 19.6 Å². The second kappa shape index (κ2) is 4.87. The van der Waals surface area contributed by atoms with Crippen molar-refractivity contribution in [2.75, 3.05) is 13.1 Å². The first-order valence-electron chi connectivity index (χ1n) is 5.98. The van der Waals surface area contributed by atoms with Crippen molar-refractivity contribution in [2.45, 2.75) is 39.5 Å². The van der Waals surface area contributed by atoms with Crippen LogP contribution in [0.15, 0.2) is 12.3 Å². The van der Waals surface area contributed by atoms with Crippen LogP contribution in [0.5, 0.6) is 0 Å². The fraction of sp³-hybridized carbons (Fsp3) is 0.667. The van der Waals surface area contributed by atoms with Gasteiger partial charge in [0.25, 0.3) is 0 Å². The smallest absolute Gasteiger partial charge is 0.244 e. The molecule has 1 fully saturated rings. The number of amides is 1. The van der Waals surface area contributed by atoms with Crippen LogP contribution in [0, 0.1) is 6.92 Å². The second-order valence-electron chi connectivity index (χ2n) is 4.69. The van der Waals surface area contributed by atoms with Gasteiger partial charge >= 0.3 is 0 Å². The van der Waals surface area contributed by atoms with Gasteiger partial charge in [0.15, 0.2) is 0 Å². The maximum absolute atomic E-state index is 12.1. The van der Waals surface area contributed by atoms with Crippen molar-refractivity contribution in [3.05, 3.63) is 18.0 Å². The summed E-state index contributed by atoms with van der Waals surface area (Å²) in [7, 11) is 0. The fourth-order valence-corrected chi connectivity index (χ4v) is 2.17. The number of rotatable bonds is 2. The van der Waals surface area contributed by atoms with Crippen LogP contribution in [0.25, 0.3) is 0 Å². The summed E-state index contributed by atoms with van der Waals surface area (Å²) in [4.78, 5) is 14.0. The Morgan fingerprint density at radius 2 is 2.12 bits per heavy atom. The average molecular weight is 237 g/mol. The van der Waals surface area contributed by atoms with Gasteiger partial charge in [-0.15, -0.1) is 0 Å². The lowest BCUT2D eigenvalue weighted by Crippen LogP contribution is -2.49. The van der Waals surface area contributed by atoms with E-state index in [9.17, 15) is 4.79 Å². The summed E-state index contributed by atoms with van der Waals surface area (Å²) >= 11 is 0. The van der Waals surface area contributed by atoms with Gasteiger partial charge in [-0.25, -0.2) is 0 Å². The minimum atomic E-state index is 0.110. The fourth-order valence-electron chi connectivity index (χ4n) is 2.17. The van der Waals surface area contributed by atoms with Gasteiger partial charge in [0.05, 0.1) is 12.2 Å². The lowest BCUT2D eigenvalue weighted by Gasteiger charge is -2.35. The van der Waals surface area contributed by atoms with Gasteiger partial charge in [-0.05, 0) is 26.8 Å². The first-order chi connectivity index (χ1) is 8.06. The molecule has 1 saturated heterocycles. The van der Waals surface area contributed by atoms with E-state index in [-0.39, 0.29) is 18.1 Å². The molecule has 2 heterocycles. The highest BCUT2D eigenvalue weighted by molar-refractivity contribution is 5.76. The molecule has 0 spiro atoms. The van der Waals surface area contributed by atoms with Crippen molar-refractivity contribution in [1.29, 1.82) is 0 Å². The minimum absolute atomic E-state index is 0.110. The van der Waals surface area contributed by atoms with Gasteiger partial charge in [0.2, 0.25) is 5.91 Å². The predicted molar refractivity (Wildman–Crippen MR) is 63.6 cm³/mol. The van der Waals surface area contributed by atoms with Crippen molar-refractivity contribution < 1.29 is 9.53 Å². The first kappa shape index (κ1) is 12.1. The van der Waals surface area contributed by atoms with E-state index in [1.807, 2.05) is 31.7 Å². The number of morpholine rings is 1. The number of hydrogen-bond donors (Lipinski definition) is 0. The number of aromatic nitrogens is 2. The van der Waals surface area contributed by atoms with Gasteiger partial charge < -0.3 is 9.64 Å². The molecule has 0 N–H and O–H groups in total. The highest BCUT2D eigenvalue weighted by Gasteiger charge is 2.25. The number of hydrogen-bond acceptors (Lipinski definition) is 3. The summed E-state index contributed by atoms with van der Waals surface area (Å²) < 4.78 is 7.34. The number of aryl methyl sites for hydroxylation is 1. The van der Waals surface area contributed by atoms with E-state index in [1.165, 1.54) is 0 Å². The Kier molecular flexibility index (Phi) is 3.47. The van der Waals surface area contributed by atoms with Crippen LogP contribution in [0.1, 0.15) is 19.5 Å². The van der Waals surface area contributed by atoms with Crippen LogP contribution in [-0.4, -0.2) is 45.9 Å². The Morgan fingerprint density at radius 1 is 1.47 bits per heavy atom. The molecule has 94 valence electrons. The first-order valence-corrected chi connectivity index (χ1v) is 5.98. The SMILES string of the molecule is Cc1ccnn1CC(=O)N1C[C@H](C)O[C@@H](C)C1. The third-order valence-corrected chi connectivity index (χ3v) is 2.99. The summed E-state index contributed by atoms with van der Waals surface area (Å²) in [6, 6.07) is 1.90. The van der Waals surface area contributed by atoms with Gasteiger partial charge in [0, 0.05) is 25.0 Å². The van der Waals surface area contributed by atoms with Crippen LogP contribution < -0.4 is 0 Å². The van der Waals surface area contributed by atoms with Crippen LogP contribution in [0.2, 0.25) is 0 Å². The molecule has 0 aromatic carbocycles. The normalized spacial score (nSPS) is 25.0. The Hall–Kier alpha value is -1.36. The Labute approximate surface area is 101 Å². The van der Waals surface area contributed by atoms with Gasteiger partial charge in [-0.1, -0.05) is 0 Å².